The van der Waals surface area contributed by atoms with Crippen LogP contribution in [-0.4, -0.2) is 32.8 Å². The molecule has 1 atom stereocenters. The molecule has 0 spiro atoms. The SMILES string of the molecule is Cc1ccc(-c2cnc(Cc3ccc(C(CO)C(=O)O)cc3)nc2)cc1. The Bertz CT molecular complexity index is 873. The van der Waals surface area contributed by atoms with E-state index in [1.807, 2.05) is 43.6 Å². The second-order valence-corrected chi connectivity index (χ2v) is 6.25. The molecular formula is C21H20N2O3. The van der Waals surface area contributed by atoms with Crippen LogP contribution in [0.3, 0.4) is 0 Å². The van der Waals surface area contributed by atoms with Gasteiger partial charge in [-0.25, -0.2) is 9.97 Å². The number of aliphatic carboxylic acids is 1. The summed E-state index contributed by atoms with van der Waals surface area (Å²) in [5.41, 5.74) is 4.82. The van der Waals surface area contributed by atoms with E-state index >= 15 is 0 Å². The Morgan fingerprint density at radius 2 is 1.58 bits per heavy atom. The predicted molar refractivity (Wildman–Crippen MR) is 98.9 cm³/mol. The minimum absolute atomic E-state index is 0.418. The van der Waals surface area contributed by atoms with Crippen molar-refractivity contribution in [2.24, 2.45) is 0 Å². The highest BCUT2D eigenvalue weighted by Crippen LogP contribution is 2.20. The largest absolute Gasteiger partial charge is 0.481 e. The van der Waals surface area contributed by atoms with Gasteiger partial charge in [0.15, 0.2) is 0 Å². The highest BCUT2D eigenvalue weighted by Gasteiger charge is 2.18. The maximum atomic E-state index is 11.1. The molecule has 1 heterocycles. The summed E-state index contributed by atoms with van der Waals surface area (Å²) in [7, 11) is 0. The van der Waals surface area contributed by atoms with Crippen molar-refractivity contribution in [2.75, 3.05) is 6.61 Å². The van der Waals surface area contributed by atoms with E-state index in [1.165, 1.54) is 5.56 Å². The first-order valence-corrected chi connectivity index (χ1v) is 8.37. The highest BCUT2D eigenvalue weighted by atomic mass is 16.4. The van der Waals surface area contributed by atoms with Crippen LogP contribution < -0.4 is 0 Å². The third-order valence-corrected chi connectivity index (χ3v) is 4.32. The molecule has 0 amide bonds. The summed E-state index contributed by atoms with van der Waals surface area (Å²) in [4.78, 5) is 20.0. The highest BCUT2D eigenvalue weighted by molar-refractivity contribution is 5.76. The van der Waals surface area contributed by atoms with E-state index in [2.05, 4.69) is 22.1 Å². The molecule has 26 heavy (non-hydrogen) atoms. The number of hydrogen-bond acceptors (Lipinski definition) is 4. The van der Waals surface area contributed by atoms with Gasteiger partial charge < -0.3 is 10.2 Å². The number of aryl methyl sites for hydroxylation is 1. The van der Waals surface area contributed by atoms with Crippen LogP contribution in [0.5, 0.6) is 0 Å². The lowest BCUT2D eigenvalue weighted by Crippen LogP contribution is -2.15. The number of carboxylic acid groups (broad SMARTS) is 1. The summed E-state index contributed by atoms with van der Waals surface area (Å²) in [6, 6.07) is 15.4. The summed E-state index contributed by atoms with van der Waals surface area (Å²) < 4.78 is 0. The van der Waals surface area contributed by atoms with Crippen LogP contribution in [0.25, 0.3) is 11.1 Å². The van der Waals surface area contributed by atoms with E-state index in [4.69, 9.17) is 5.11 Å². The number of aliphatic hydroxyl groups excluding tert-OH is 1. The van der Waals surface area contributed by atoms with Crippen LogP contribution in [0.1, 0.15) is 28.4 Å². The summed E-state index contributed by atoms with van der Waals surface area (Å²) >= 11 is 0. The number of nitrogens with zero attached hydrogens (tertiary/aromatic N) is 2. The van der Waals surface area contributed by atoms with Crippen LogP contribution in [0.2, 0.25) is 0 Å². The predicted octanol–water partition coefficient (Wildman–Crippen LogP) is 3.20. The molecule has 1 unspecified atom stereocenters. The van der Waals surface area contributed by atoms with Crippen LogP contribution in [0, 0.1) is 6.92 Å². The first kappa shape index (κ1) is 17.8. The van der Waals surface area contributed by atoms with E-state index in [9.17, 15) is 9.90 Å². The van der Waals surface area contributed by atoms with Gasteiger partial charge in [-0.15, -0.1) is 0 Å². The quantitative estimate of drug-likeness (QED) is 0.715. The Morgan fingerprint density at radius 3 is 2.12 bits per heavy atom. The summed E-state index contributed by atoms with van der Waals surface area (Å²) in [5, 5.41) is 18.3. The molecule has 132 valence electrons. The standard InChI is InChI=1S/C21H20N2O3/c1-14-2-6-16(7-3-14)18-11-22-20(23-12-18)10-15-4-8-17(9-5-15)19(13-24)21(25)26/h2-9,11-12,19,24H,10,13H2,1H3,(H,25,26). The zero-order valence-corrected chi connectivity index (χ0v) is 14.5. The lowest BCUT2D eigenvalue weighted by Gasteiger charge is -2.10. The number of benzene rings is 2. The van der Waals surface area contributed by atoms with Crippen molar-refractivity contribution in [2.45, 2.75) is 19.3 Å². The fraction of sp³-hybridized carbons (Fsp3) is 0.190. The van der Waals surface area contributed by atoms with Crippen molar-refractivity contribution in [1.82, 2.24) is 9.97 Å². The third kappa shape index (κ3) is 4.13. The van der Waals surface area contributed by atoms with Crippen molar-refractivity contribution >= 4 is 5.97 Å². The Morgan fingerprint density at radius 1 is 0.962 bits per heavy atom. The van der Waals surface area contributed by atoms with Crippen molar-refractivity contribution in [3.63, 3.8) is 0 Å². The van der Waals surface area contributed by atoms with E-state index in [-0.39, 0.29) is 0 Å². The maximum Gasteiger partial charge on any atom is 0.313 e. The Labute approximate surface area is 152 Å². The minimum Gasteiger partial charge on any atom is -0.481 e. The molecule has 3 rings (SSSR count). The van der Waals surface area contributed by atoms with Crippen LogP contribution in [0.4, 0.5) is 0 Å². The van der Waals surface area contributed by atoms with Gasteiger partial charge in [0.05, 0.1) is 6.61 Å². The van der Waals surface area contributed by atoms with Gasteiger partial charge in [-0.05, 0) is 23.6 Å². The normalized spacial score (nSPS) is 11.9. The number of carbonyl (C=O) groups is 1. The number of rotatable bonds is 6. The number of hydrogen-bond donors (Lipinski definition) is 2. The molecule has 0 bridgehead atoms. The van der Waals surface area contributed by atoms with Gasteiger partial charge in [0.2, 0.25) is 0 Å². The van der Waals surface area contributed by atoms with Crippen LogP contribution >= 0.6 is 0 Å². The van der Waals surface area contributed by atoms with Crippen molar-refractivity contribution in [3.05, 3.63) is 83.4 Å². The smallest absolute Gasteiger partial charge is 0.313 e. The number of aromatic nitrogens is 2. The van der Waals surface area contributed by atoms with E-state index in [1.54, 1.807) is 12.1 Å². The van der Waals surface area contributed by atoms with Gasteiger partial charge in [0.25, 0.3) is 0 Å². The van der Waals surface area contributed by atoms with E-state index in [0.29, 0.717) is 17.8 Å². The van der Waals surface area contributed by atoms with E-state index in [0.717, 1.165) is 16.7 Å². The molecule has 1 aromatic heterocycles. The van der Waals surface area contributed by atoms with Crippen LogP contribution in [0.15, 0.2) is 60.9 Å². The third-order valence-electron chi connectivity index (χ3n) is 4.32. The van der Waals surface area contributed by atoms with Crippen LogP contribution in [-0.2, 0) is 11.2 Å². The molecule has 0 radical (unpaired) electrons. The van der Waals surface area contributed by atoms with Gasteiger partial charge in [0.1, 0.15) is 11.7 Å². The van der Waals surface area contributed by atoms with Gasteiger partial charge in [-0.3, -0.25) is 4.79 Å². The molecular weight excluding hydrogens is 328 g/mol. The number of carboxylic acids is 1. The molecule has 0 aliphatic carbocycles. The van der Waals surface area contributed by atoms with Crippen molar-refractivity contribution in [1.29, 1.82) is 0 Å². The Kier molecular flexibility index (Phi) is 5.39. The lowest BCUT2D eigenvalue weighted by atomic mass is 9.98. The molecule has 5 nitrogen and oxygen atoms in total. The zero-order chi connectivity index (χ0) is 18.5. The topological polar surface area (TPSA) is 83.3 Å². The maximum absolute atomic E-state index is 11.1. The monoisotopic (exact) mass is 348 g/mol. The van der Waals surface area contributed by atoms with Crippen molar-refractivity contribution in [3.8, 4) is 11.1 Å². The average Bonchev–Trinajstić information content (AvgIpc) is 2.65. The minimum atomic E-state index is -1.03. The Hall–Kier alpha value is -3.05. The average molecular weight is 348 g/mol. The molecule has 5 heteroatoms. The summed E-state index contributed by atoms with van der Waals surface area (Å²) in [6.07, 6.45) is 4.19. The van der Waals surface area contributed by atoms with Gasteiger partial charge in [0, 0.05) is 24.4 Å². The van der Waals surface area contributed by atoms with Crippen molar-refractivity contribution < 1.29 is 15.0 Å². The Balaban J connectivity index is 1.71. The summed E-state index contributed by atoms with van der Waals surface area (Å²) in [5.74, 6) is -1.23. The fourth-order valence-corrected chi connectivity index (χ4v) is 2.72. The molecule has 2 aromatic carbocycles. The fourth-order valence-electron chi connectivity index (χ4n) is 2.72. The second kappa shape index (κ2) is 7.89. The number of aliphatic hydroxyl groups is 1. The molecule has 0 aliphatic heterocycles. The van der Waals surface area contributed by atoms with Gasteiger partial charge >= 0.3 is 5.97 Å². The molecule has 2 N–H and O–H groups in total. The molecule has 0 saturated heterocycles. The van der Waals surface area contributed by atoms with E-state index < -0.39 is 18.5 Å². The van der Waals surface area contributed by atoms with Gasteiger partial charge in [-0.1, -0.05) is 54.1 Å². The molecule has 0 fully saturated rings. The molecule has 0 saturated carbocycles. The first-order valence-electron chi connectivity index (χ1n) is 8.37. The zero-order valence-electron chi connectivity index (χ0n) is 14.5. The van der Waals surface area contributed by atoms with Gasteiger partial charge in [-0.2, -0.15) is 0 Å². The molecule has 3 aromatic rings. The molecule has 0 aliphatic rings. The summed E-state index contributed by atoms with van der Waals surface area (Å²) in [6.45, 7) is 1.63. The second-order valence-electron chi connectivity index (χ2n) is 6.25. The first-order chi connectivity index (χ1) is 12.6. The lowest BCUT2D eigenvalue weighted by molar-refractivity contribution is -0.139.